The number of aliphatic carboxylic acids is 1. The summed E-state index contributed by atoms with van der Waals surface area (Å²) >= 11 is 0. The first-order chi connectivity index (χ1) is 12.7. The van der Waals surface area contributed by atoms with Gasteiger partial charge in [0.15, 0.2) is 0 Å². The Kier molecular flexibility index (Phi) is 7.21. The predicted molar refractivity (Wildman–Crippen MR) is 102 cm³/mol. The van der Waals surface area contributed by atoms with Gasteiger partial charge in [-0.3, -0.25) is 19.8 Å². The van der Waals surface area contributed by atoms with E-state index in [4.69, 9.17) is 9.47 Å². The van der Waals surface area contributed by atoms with Crippen LogP contribution in [0.5, 0.6) is 5.75 Å². The quantitative estimate of drug-likeness (QED) is 0.669. The molecule has 1 aliphatic rings. The number of likely N-dealkylation sites (tertiary alicyclic amines) is 1. The summed E-state index contributed by atoms with van der Waals surface area (Å²) in [6.07, 6.45) is 1.54. The van der Waals surface area contributed by atoms with Gasteiger partial charge in [0.2, 0.25) is 0 Å². The maximum Gasteiger partial charge on any atom is 0.323 e. The number of benzene rings is 1. The molecule has 0 spiro atoms. The molecule has 0 radical (unpaired) electrons. The Bertz CT molecular complexity index is 656. The zero-order valence-corrected chi connectivity index (χ0v) is 16.5. The van der Waals surface area contributed by atoms with Crippen LogP contribution in [0, 0.1) is 0 Å². The third-order valence-corrected chi connectivity index (χ3v) is 4.49. The van der Waals surface area contributed by atoms with E-state index in [1.165, 1.54) is 0 Å². The number of esters is 1. The van der Waals surface area contributed by atoms with Gasteiger partial charge in [-0.05, 0) is 46.2 Å². The number of methoxy groups -OCH3 is 1. The van der Waals surface area contributed by atoms with Crippen molar-refractivity contribution in [3.63, 3.8) is 0 Å². The number of carboxylic acid groups (broad SMARTS) is 1. The summed E-state index contributed by atoms with van der Waals surface area (Å²) < 4.78 is 10.8. The van der Waals surface area contributed by atoms with E-state index in [2.05, 4.69) is 5.32 Å². The average Bonchev–Trinajstić information content (AvgIpc) is 3.05. The van der Waals surface area contributed by atoms with Crippen molar-refractivity contribution in [1.29, 1.82) is 0 Å². The number of hydrogen-bond acceptors (Lipinski definition) is 6. The van der Waals surface area contributed by atoms with Crippen molar-refractivity contribution in [1.82, 2.24) is 10.2 Å². The van der Waals surface area contributed by atoms with E-state index >= 15 is 0 Å². The fraction of sp³-hybridized carbons (Fsp3) is 0.600. The molecule has 1 saturated heterocycles. The van der Waals surface area contributed by atoms with E-state index < -0.39 is 17.6 Å². The van der Waals surface area contributed by atoms with E-state index in [0.29, 0.717) is 25.3 Å². The summed E-state index contributed by atoms with van der Waals surface area (Å²) in [6, 6.07) is 6.30. The number of carbonyl (C=O) groups is 2. The first kappa shape index (κ1) is 21.2. The second kappa shape index (κ2) is 9.19. The maximum atomic E-state index is 12.4. The molecule has 150 valence electrons. The number of ether oxygens (including phenoxy) is 2. The average molecular weight is 378 g/mol. The lowest BCUT2D eigenvalue weighted by molar-refractivity contribution is -0.161. The summed E-state index contributed by atoms with van der Waals surface area (Å²) in [6.45, 7) is 6.79. The molecule has 2 N–H and O–H groups in total. The summed E-state index contributed by atoms with van der Waals surface area (Å²) in [5.41, 5.74) is 0.330. The molecule has 0 aliphatic carbocycles. The van der Waals surface area contributed by atoms with Gasteiger partial charge in [-0.25, -0.2) is 0 Å². The first-order valence-corrected chi connectivity index (χ1v) is 9.26. The second-order valence-electron chi connectivity index (χ2n) is 7.77. The summed E-state index contributed by atoms with van der Waals surface area (Å²) in [5.74, 6) is -0.518. The Morgan fingerprint density at radius 3 is 2.67 bits per heavy atom. The van der Waals surface area contributed by atoms with Gasteiger partial charge in [0.05, 0.1) is 7.11 Å². The van der Waals surface area contributed by atoms with E-state index in [-0.39, 0.29) is 18.6 Å². The fourth-order valence-corrected chi connectivity index (χ4v) is 3.23. The lowest BCUT2D eigenvalue weighted by Crippen LogP contribution is -2.49. The Morgan fingerprint density at radius 1 is 1.33 bits per heavy atom. The van der Waals surface area contributed by atoms with Crippen LogP contribution >= 0.6 is 0 Å². The molecule has 2 rings (SSSR count). The minimum absolute atomic E-state index is 0.244. The summed E-state index contributed by atoms with van der Waals surface area (Å²) in [5, 5.41) is 12.7. The second-order valence-corrected chi connectivity index (χ2v) is 7.77. The highest BCUT2D eigenvalue weighted by Crippen LogP contribution is 2.22. The van der Waals surface area contributed by atoms with E-state index in [9.17, 15) is 14.7 Å². The van der Waals surface area contributed by atoms with Crippen molar-refractivity contribution in [3.8, 4) is 5.75 Å². The molecule has 7 nitrogen and oxygen atoms in total. The van der Waals surface area contributed by atoms with Crippen molar-refractivity contribution in [3.05, 3.63) is 29.8 Å². The smallest absolute Gasteiger partial charge is 0.323 e. The van der Waals surface area contributed by atoms with Crippen LogP contribution in [-0.4, -0.2) is 59.8 Å². The Hall–Kier alpha value is -2.12. The molecule has 0 aromatic heterocycles. The standard InChI is InChI=1S/C20H30N2O5/c1-20(2,3)27-19(25)16-9-7-11-22(16)13-15(18(23)24)21-12-14-8-5-6-10-17(14)26-4/h5-6,8,10,15-16,21H,7,9,11-13H2,1-4H3,(H,23,24)/t15-,16-/m0/s1. The highest BCUT2D eigenvalue weighted by molar-refractivity contribution is 5.77. The number of carboxylic acids is 1. The van der Waals surface area contributed by atoms with Crippen LogP contribution in [0.2, 0.25) is 0 Å². The molecule has 0 saturated carbocycles. The largest absolute Gasteiger partial charge is 0.496 e. The number of rotatable bonds is 8. The van der Waals surface area contributed by atoms with Crippen molar-refractivity contribution in [2.45, 2.75) is 57.8 Å². The molecule has 7 heteroatoms. The normalized spacial score (nSPS) is 18.9. The molecule has 0 unspecified atom stereocenters. The van der Waals surface area contributed by atoms with Gasteiger partial charge in [0, 0.05) is 18.7 Å². The number of para-hydroxylation sites is 1. The molecule has 1 heterocycles. The molecule has 1 aromatic carbocycles. The number of nitrogens with zero attached hydrogens (tertiary/aromatic N) is 1. The monoisotopic (exact) mass is 378 g/mol. The molecule has 0 bridgehead atoms. The number of carbonyl (C=O) groups excluding carboxylic acids is 1. The molecule has 1 fully saturated rings. The summed E-state index contributed by atoms with van der Waals surface area (Å²) in [7, 11) is 1.59. The fourth-order valence-electron chi connectivity index (χ4n) is 3.23. The van der Waals surface area contributed by atoms with E-state index in [1.54, 1.807) is 7.11 Å². The Labute approximate surface area is 160 Å². The van der Waals surface area contributed by atoms with Gasteiger partial charge in [0.1, 0.15) is 23.4 Å². The lowest BCUT2D eigenvalue weighted by atomic mass is 10.1. The first-order valence-electron chi connectivity index (χ1n) is 9.26. The van der Waals surface area contributed by atoms with Crippen LogP contribution in [0.3, 0.4) is 0 Å². The van der Waals surface area contributed by atoms with Gasteiger partial charge in [-0.15, -0.1) is 0 Å². The van der Waals surface area contributed by atoms with Gasteiger partial charge in [-0.1, -0.05) is 18.2 Å². The van der Waals surface area contributed by atoms with Gasteiger partial charge in [0.25, 0.3) is 0 Å². The van der Waals surface area contributed by atoms with E-state index in [0.717, 1.165) is 12.0 Å². The molecule has 0 amide bonds. The number of hydrogen-bond donors (Lipinski definition) is 2. The molecule has 1 aliphatic heterocycles. The summed E-state index contributed by atoms with van der Waals surface area (Å²) in [4.78, 5) is 26.1. The van der Waals surface area contributed by atoms with Crippen molar-refractivity contribution in [2.75, 3.05) is 20.2 Å². The van der Waals surface area contributed by atoms with Crippen molar-refractivity contribution >= 4 is 11.9 Å². The van der Waals surface area contributed by atoms with Crippen LogP contribution in [0.4, 0.5) is 0 Å². The van der Waals surface area contributed by atoms with Crippen molar-refractivity contribution in [2.24, 2.45) is 0 Å². The third-order valence-electron chi connectivity index (χ3n) is 4.49. The zero-order chi connectivity index (χ0) is 20.0. The van der Waals surface area contributed by atoms with Gasteiger partial charge >= 0.3 is 11.9 Å². The topological polar surface area (TPSA) is 88.1 Å². The van der Waals surface area contributed by atoms with Crippen LogP contribution < -0.4 is 10.1 Å². The molecule has 27 heavy (non-hydrogen) atoms. The number of nitrogens with one attached hydrogen (secondary N) is 1. The zero-order valence-electron chi connectivity index (χ0n) is 16.5. The lowest BCUT2D eigenvalue weighted by Gasteiger charge is -2.29. The van der Waals surface area contributed by atoms with Crippen molar-refractivity contribution < 1.29 is 24.2 Å². The maximum absolute atomic E-state index is 12.4. The minimum Gasteiger partial charge on any atom is -0.496 e. The highest BCUT2D eigenvalue weighted by Gasteiger charge is 2.36. The SMILES string of the molecule is COc1ccccc1CN[C@@H](CN1CCC[C@H]1C(=O)OC(C)(C)C)C(=O)O. The molecular weight excluding hydrogens is 348 g/mol. The molecular formula is C20H30N2O5. The van der Waals surface area contributed by atoms with Crippen LogP contribution in [0.25, 0.3) is 0 Å². The van der Waals surface area contributed by atoms with E-state index in [1.807, 2.05) is 49.9 Å². The van der Waals surface area contributed by atoms with Gasteiger partial charge < -0.3 is 14.6 Å². The highest BCUT2D eigenvalue weighted by atomic mass is 16.6. The minimum atomic E-state index is -0.945. The Balaban J connectivity index is 2.00. The van der Waals surface area contributed by atoms with Crippen LogP contribution in [0.15, 0.2) is 24.3 Å². The van der Waals surface area contributed by atoms with Crippen LogP contribution in [-0.2, 0) is 20.9 Å². The predicted octanol–water partition coefficient (Wildman–Crippen LogP) is 2.04. The molecule has 1 aromatic rings. The Morgan fingerprint density at radius 2 is 2.04 bits per heavy atom. The van der Waals surface area contributed by atoms with Crippen LogP contribution in [0.1, 0.15) is 39.2 Å². The third kappa shape index (κ3) is 6.22. The van der Waals surface area contributed by atoms with Gasteiger partial charge in [-0.2, -0.15) is 0 Å². The molecule has 2 atom stereocenters.